The molecule has 0 unspecified atom stereocenters. The first kappa shape index (κ1) is 27.9. The lowest BCUT2D eigenvalue weighted by atomic mass is 10.3. The van der Waals surface area contributed by atoms with Crippen molar-refractivity contribution in [1.82, 2.24) is 0 Å². The molecule has 0 aliphatic carbocycles. The number of thiophene rings is 2. The maximum absolute atomic E-state index is 13.7. The highest BCUT2D eigenvalue weighted by molar-refractivity contribution is 8.34. The van der Waals surface area contributed by atoms with Crippen LogP contribution in [-0.4, -0.2) is 28.1 Å². The van der Waals surface area contributed by atoms with E-state index < -0.39 is 25.9 Å². The second-order valence-electron chi connectivity index (χ2n) is 7.42. The smallest absolute Gasteiger partial charge is 0.497 e. The molecule has 0 radical (unpaired) electrons. The molecule has 5 nitrogen and oxygen atoms in total. The van der Waals surface area contributed by atoms with E-state index in [1.54, 1.807) is 47.7 Å². The third-order valence-electron chi connectivity index (χ3n) is 5.01. The minimum atomic E-state index is -6.00. The first-order chi connectivity index (χ1) is 17.5. The molecule has 0 saturated heterocycles. The molecule has 0 amide bonds. The molecule has 0 saturated carbocycles. The monoisotopic (exact) mass is 606 g/mol. The van der Waals surface area contributed by atoms with Crippen molar-refractivity contribution in [2.75, 3.05) is 14.2 Å². The number of hydrogen-bond donors (Lipinski definition) is 0. The Bertz CT molecular complexity index is 1410. The van der Waals surface area contributed by atoms with Crippen molar-refractivity contribution >= 4 is 54.9 Å². The third kappa shape index (κ3) is 5.81. The summed E-state index contributed by atoms with van der Waals surface area (Å²) in [5.41, 5.74) is -5.62. The lowest BCUT2D eigenvalue weighted by Crippen LogP contribution is -2.27. The molecule has 13 heteroatoms. The summed E-state index contributed by atoms with van der Waals surface area (Å²) in [4.78, 5) is 1.64. The van der Waals surface area contributed by atoms with Crippen LogP contribution in [0.5, 0.6) is 11.5 Å². The molecule has 0 spiro atoms. The zero-order chi connectivity index (χ0) is 26.8. The largest absolute Gasteiger partial charge is 0.524 e. The molecule has 0 aliphatic heterocycles. The molecule has 2 aromatic heterocycles. The van der Waals surface area contributed by atoms with Crippen molar-refractivity contribution in [3.05, 3.63) is 77.7 Å². The van der Waals surface area contributed by atoms with Gasteiger partial charge in [-0.1, -0.05) is 11.8 Å². The van der Waals surface area contributed by atoms with E-state index in [1.807, 2.05) is 19.1 Å². The number of aryl methyl sites for hydroxylation is 1. The van der Waals surface area contributed by atoms with Crippen molar-refractivity contribution in [2.24, 2.45) is 0 Å². The molecule has 37 heavy (non-hydrogen) atoms. The van der Waals surface area contributed by atoms with Gasteiger partial charge in [-0.05, 0) is 90.0 Å². The van der Waals surface area contributed by atoms with Crippen LogP contribution in [0, 0.1) is 6.92 Å². The molecule has 0 N–H and O–H groups in total. The average Bonchev–Trinajstić information content (AvgIpc) is 3.51. The molecule has 0 atom stereocenters. The fourth-order valence-corrected chi connectivity index (χ4v) is 12.5. The Balaban J connectivity index is 1.96. The van der Waals surface area contributed by atoms with Crippen molar-refractivity contribution in [3.63, 3.8) is 0 Å². The highest BCUT2D eigenvalue weighted by Crippen LogP contribution is 2.72. The van der Waals surface area contributed by atoms with Crippen molar-refractivity contribution in [1.29, 1.82) is 0 Å². The summed E-state index contributed by atoms with van der Waals surface area (Å²) >= 11 is 4.23. The van der Waals surface area contributed by atoms with E-state index in [1.165, 1.54) is 61.6 Å². The maximum Gasteiger partial charge on any atom is 0.524 e. The number of benzene rings is 2. The summed E-state index contributed by atoms with van der Waals surface area (Å²) in [6.45, 7) is 1.98. The molecular formula is C24H21F3O5S5. The molecule has 2 heterocycles. The minimum absolute atomic E-state index is 0.261. The lowest BCUT2D eigenvalue weighted by molar-refractivity contribution is -0.0496. The van der Waals surface area contributed by atoms with Crippen LogP contribution in [0.4, 0.5) is 13.2 Å². The summed E-state index contributed by atoms with van der Waals surface area (Å²) in [7, 11) is -6.49. The zero-order valence-electron chi connectivity index (χ0n) is 19.6. The Hall–Kier alpha value is -2.16. The van der Waals surface area contributed by atoms with Crippen molar-refractivity contribution in [3.8, 4) is 11.5 Å². The van der Waals surface area contributed by atoms with E-state index in [-0.39, 0.29) is 9.79 Å². The van der Waals surface area contributed by atoms with Gasteiger partial charge >= 0.3 is 15.6 Å². The van der Waals surface area contributed by atoms with Gasteiger partial charge in [0, 0.05) is 14.7 Å². The van der Waals surface area contributed by atoms with Crippen LogP contribution in [0.1, 0.15) is 4.88 Å². The van der Waals surface area contributed by atoms with Crippen molar-refractivity contribution in [2.45, 2.75) is 34.9 Å². The van der Waals surface area contributed by atoms with Gasteiger partial charge in [-0.25, -0.2) is 0 Å². The third-order valence-corrected chi connectivity index (χ3v) is 13.8. The van der Waals surface area contributed by atoms with Gasteiger partial charge in [0.2, 0.25) is 0 Å². The Kier molecular flexibility index (Phi) is 8.22. The second kappa shape index (κ2) is 10.9. The Morgan fingerprint density at radius 3 is 1.65 bits per heavy atom. The van der Waals surface area contributed by atoms with Crippen LogP contribution in [0.15, 0.2) is 95.2 Å². The normalized spacial score (nSPS) is 12.9. The SMILES string of the molecule is COc1ccc(S(OS(=O)(=O)C(F)(F)F)(c2ccc(OC)cc2)c2ccc(Sc3ccc(C)s3)s2)cc1. The van der Waals surface area contributed by atoms with Crippen LogP contribution < -0.4 is 9.47 Å². The highest BCUT2D eigenvalue weighted by Gasteiger charge is 2.53. The van der Waals surface area contributed by atoms with Gasteiger partial charge in [0.1, 0.15) is 11.5 Å². The van der Waals surface area contributed by atoms with Gasteiger partial charge in [-0.15, -0.1) is 22.7 Å². The predicted molar refractivity (Wildman–Crippen MR) is 142 cm³/mol. The van der Waals surface area contributed by atoms with E-state index in [0.717, 1.165) is 13.3 Å². The molecule has 2 aromatic carbocycles. The summed E-state index contributed by atoms with van der Waals surface area (Å²) in [5, 5.41) is 0. The first-order valence-corrected chi connectivity index (χ1v) is 15.9. The van der Waals surface area contributed by atoms with Crippen LogP contribution in [0.3, 0.4) is 0 Å². The second-order valence-corrected chi connectivity index (χ2v) is 16.1. The summed E-state index contributed by atoms with van der Waals surface area (Å²) in [6.07, 6.45) is 0. The molecule has 0 aliphatic rings. The lowest BCUT2D eigenvalue weighted by Gasteiger charge is -2.38. The minimum Gasteiger partial charge on any atom is -0.497 e. The molecular weight excluding hydrogens is 586 g/mol. The van der Waals surface area contributed by atoms with Crippen molar-refractivity contribution < 1.29 is 34.7 Å². The van der Waals surface area contributed by atoms with E-state index in [2.05, 4.69) is 0 Å². The number of methoxy groups -OCH3 is 2. The Morgan fingerprint density at radius 2 is 1.22 bits per heavy atom. The summed E-state index contributed by atoms with van der Waals surface area (Å²) in [6, 6.07) is 19.7. The van der Waals surface area contributed by atoms with Gasteiger partial charge < -0.3 is 9.47 Å². The Morgan fingerprint density at radius 1 is 0.730 bits per heavy atom. The molecule has 4 aromatic rings. The molecule has 4 rings (SSSR count). The standard InChI is InChI=1S/C24H21F3O5S5/c1-16-4-13-21(33-16)34-22-14-15-23(35-22)36(32-37(28,29)24(25,26)27,19-9-5-17(30-2)6-10-19)20-11-7-18(31-3)8-12-20/h4-15H,1-3H3. The van der Waals surface area contributed by atoms with E-state index >= 15 is 0 Å². The molecule has 0 bridgehead atoms. The molecule has 0 fully saturated rings. The predicted octanol–water partition coefficient (Wildman–Crippen LogP) is 8.35. The van der Waals surface area contributed by atoms with E-state index in [0.29, 0.717) is 15.7 Å². The first-order valence-electron chi connectivity index (χ1n) is 10.5. The number of rotatable bonds is 9. The van der Waals surface area contributed by atoms with Crippen LogP contribution in [0.25, 0.3) is 0 Å². The number of alkyl halides is 3. The fraction of sp³-hybridized carbons (Fsp3) is 0.167. The number of ether oxygens (including phenoxy) is 2. The zero-order valence-corrected chi connectivity index (χ0v) is 23.7. The number of halogens is 3. The van der Waals surface area contributed by atoms with Gasteiger partial charge in [0.05, 0.1) is 26.8 Å². The van der Waals surface area contributed by atoms with Gasteiger partial charge in [-0.2, -0.15) is 25.2 Å². The van der Waals surface area contributed by atoms with Crippen LogP contribution in [-0.2, 0) is 13.7 Å². The quantitative estimate of drug-likeness (QED) is 0.179. The van der Waals surface area contributed by atoms with Crippen LogP contribution in [0.2, 0.25) is 0 Å². The maximum atomic E-state index is 13.7. The number of hydrogen-bond acceptors (Lipinski definition) is 8. The highest BCUT2D eigenvalue weighted by atomic mass is 32.3. The van der Waals surface area contributed by atoms with Gasteiger partial charge in [-0.3, -0.25) is 0 Å². The summed E-state index contributed by atoms with van der Waals surface area (Å²) < 4.78 is 84.1. The fourth-order valence-electron chi connectivity index (χ4n) is 3.27. The van der Waals surface area contributed by atoms with Crippen LogP contribution >= 0.6 is 44.7 Å². The topological polar surface area (TPSA) is 61.8 Å². The average molecular weight is 607 g/mol. The molecule has 198 valence electrons. The van der Waals surface area contributed by atoms with E-state index in [4.69, 9.17) is 13.1 Å². The Labute approximate surface area is 226 Å². The van der Waals surface area contributed by atoms with Gasteiger partial charge in [0.15, 0.2) is 0 Å². The van der Waals surface area contributed by atoms with Gasteiger partial charge in [0.25, 0.3) is 0 Å². The summed E-state index contributed by atoms with van der Waals surface area (Å²) in [5.74, 6) is 0.918. The van der Waals surface area contributed by atoms with E-state index in [9.17, 15) is 21.6 Å².